The number of para-hydroxylation sites is 1. The van der Waals surface area contributed by atoms with Crippen LogP contribution in [0.5, 0.6) is 0 Å². The summed E-state index contributed by atoms with van der Waals surface area (Å²) in [5, 5.41) is 11.4. The minimum atomic E-state index is -0.295. The van der Waals surface area contributed by atoms with Crippen molar-refractivity contribution in [2.75, 3.05) is 11.4 Å². The average Bonchev–Trinajstić information content (AvgIpc) is 3.19. The van der Waals surface area contributed by atoms with E-state index >= 15 is 0 Å². The van der Waals surface area contributed by atoms with Gasteiger partial charge in [-0.1, -0.05) is 18.2 Å². The second-order valence-electron chi connectivity index (χ2n) is 6.76. The van der Waals surface area contributed by atoms with Crippen molar-refractivity contribution in [3.63, 3.8) is 0 Å². The van der Waals surface area contributed by atoms with Gasteiger partial charge in [-0.15, -0.1) is 10.2 Å². The van der Waals surface area contributed by atoms with Crippen LogP contribution in [0.1, 0.15) is 24.5 Å². The maximum Gasteiger partial charge on any atom is 0.227 e. The molecule has 2 atom stereocenters. The van der Waals surface area contributed by atoms with Crippen LogP contribution in [0, 0.1) is 12.8 Å². The Hall–Kier alpha value is -2.70. The number of hydrogen-bond donors (Lipinski definition) is 1. The van der Waals surface area contributed by atoms with E-state index in [1.807, 2.05) is 37.3 Å². The van der Waals surface area contributed by atoms with Gasteiger partial charge in [-0.05, 0) is 25.5 Å². The number of aromatic nitrogens is 3. The second-order valence-corrected chi connectivity index (χ2v) is 6.76. The highest BCUT2D eigenvalue weighted by Crippen LogP contribution is 2.25. The molecule has 3 heterocycles. The zero-order valence-corrected chi connectivity index (χ0v) is 14.2. The Morgan fingerprint density at radius 2 is 2.00 bits per heavy atom. The fourth-order valence-corrected chi connectivity index (χ4v) is 3.64. The summed E-state index contributed by atoms with van der Waals surface area (Å²) in [6.07, 6.45) is 1.93. The third kappa shape index (κ3) is 3.01. The molecule has 0 bridgehead atoms. The number of fused-ring (bicyclic) bond motifs is 1. The number of aryl methyl sites for hydroxylation is 2. The number of anilines is 1. The molecule has 25 heavy (non-hydrogen) atoms. The summed E-state index contributed by atoms with van der Waals surface area (Å²) in [5.41, 5.74) is 0.852. The molecule has 1 aromatic heterocycles. The SMILES string of the molecule is Cc1nnc2n1CC(NC(=O)C1CC(=O)N(c3ccccc3)C1)CC2. The third-order valence-electron chi connectivity index (χ3n) is 5.04. The van der Waals surface area contributed by atoms with Crippen molar-refractivity contribution in [3.05, 3.63) is 42.0 Å². The molecule has 0 radical (unpaired) electrons. The Balaban J connectivity index is 1.39. The quantitative estimate of drug-likeness (QED) is 0.907. The molecule has 130 valence electrons. The van der Waals surface area contributed by atoms with Crippen LogP contribution in [0.3, 0.4) is 0 Å². The summed E-state index contributed by atoms with van der Waals surface area (Å²) >= 11 is 0. The van der Waals surface area contributed by atoms with E-state index in [4.69, 9.17) is 0 Å². The van der Waals surface area contributed by atoms with Gasteiger partial charge in [0.25, 0.3) is 0 Å². The predicted octanol–water partition coefficient (Wildman–Crippen LogP) is 1.07. The Bertz CT molecular complexity index is 801. The van der Waals surface area contributed by atoms with Crippen molar-refractivity contribution < 1.29 is 9.59 Å². The lowest BCUT2D eigenvalue weighted by Gasteiger charge is -2.26. The molecule has 1 saturated heterocycles. The Morgan fingerprint density at radius 1 is 1.20 bits per heavy atom. The van der Waals surface area contributed by atoms with E-state index in [1.165, 1.54) is 0 Å². The molecular formula is C18H21N5O2. The van der Waals surface area contributed by atoms with Crippen LogP contribution >= 0.6 is 0 Å². The van der Waals surface area contributed by atoms with Crippen molar-refractivity contribution in [3.8, 4) is 0 Å². The number of carbonyl (C=O) groups excluding carboxylic acids is 2. The van der Waals surface area contributed by atoms with Crippen molar-refractivity contribution >= 4 is 17.5 Å². The third-order valence-corrected chi connectivity index (χ3v) is 5.04. The van der Waals surface area contributed by atoms with Crippen molar-refractivity contribution in [1.29, 1.82) is 0 Å². The molecule has 2 aliphatic rings. The molecule has 0 aliphatic carbocycles. The van der Waals surface area contributed by atoms with Gasteiger partial charge >= 0.3 is 0 Å². The molecule has 1 N–H and O–H groups in total. The Morgan fingerprint density at radius 3 is 2.80 bits per heavy atom. The summed E-state index contributed by atoms with van der Waals surface area (Å²) in [6.45, 7) is 3.06. The number of nitrogens with one attached hydrogen (secondary N) is 1. The molecule has 4 rings (SSSR count). The van der Waals surface area contributed by atoms with Gasteiger partial charge in [0.05, 0.1) is 5.92 Å². The molecule has 7 heteroatoms. The molecule has 0 spiro atoms. The van der Waals surface area contributed by atoms with Crippen LogP contribution in [-0.4, -0.2) is 39.2 Å². The summed E-state index contributed by atoms with van der Waals surface area (Å²) in [5.74, 6) is 1.53. The van der Waals surface area contributed by atoms with Gasteiger partial charge in [0, 0.05) is 37.7 Å². The first-order valence-corrected chi connectivity index (χ1v) is 8.66. The molecule has 7 nitrogen and oxygen atoms in total. The highest BCUT2D eigenvalue weighted by Gasteiger charge is 2.36. The normalized spacial score (nSPS) is 22.8. The molecular weight excluding hydrogens is 318 g/mol. The number of carbonyl (C=O) groups is 2. The van der Waals surface area contributed by atoms with E-state index in [2.05, 4.69) is 20.1 Å². The number of nitrogens with zero attached hydrogens (tertiary/aromatic N) is 4. The summed E-state index contributed by atoms with van der Waals surface area (Å²) < 4.78 is 2.06. The van der Waals surface area contributed by atoms with E-state index in [0.29, 0.717) is 13.1 Å². The van der Waals surface area contributed by atoms with Crippen molar-refractivity contribution in [1.82, 2.24) is 20.1 Å². The smallest absolute Gasteiger partial charge is 0.227 e. The summed E-state index contributed by atoms with van der Waals surface area (Å²) in [6, 6.07) is 9.58. The summed E-state index contributed by atoms with van der Waals surface area (Å²) in [7, 11) is 0. The molecule has 0 saturated carbocycles. The van der Waals surface area contributed by atoms with Crippen molar-refractivity contribution in [2.45, 2.75) is 38.8 Å². The lowest BCUT2D eigenvalue weighted by molar-refractivity contribution is -0.127. The molecule has 2 aromatic rings. The topological polar surface area (TPSA) is 80.1 Å². The maximum atomic E-state index is 12.6. The van der Waals surface area contributed by atoms with Crippen LogP contribution in [0.15, 0.2) is 30.3 Å². The van der Waals surface area contributed by atoms with Crippen LogP contribution in [0.4, 0.5) is 5.69 Å². The molecule has 2 amide bonds. The Labute approximate surface area is 146 Å². The van der Waals surface area contributed by atoms with E-state index in [0.717, 1.165) is 30.2 Å². The van der Waals surface area contributed by atoms with E-state index in [9.17, 15) is 9.59 Å². The fraction of sp³-hybridized carbons (Fsp3) is 0.444. The van der Waals surface area contributed by atoms with Gasteiger partial charge in [0.1, 0.15) is 11.6 Å². The first-order chi connectivity index (χ1) is 12.1. The largest absolute Gasteiger partial charge is 0.351 e. The van der Waals surface area contributed by atoms with Crippen molar-refractivity contribution in [2.24, 2.45) is 5.92 Å². The monoisotopic (exact) mass is 339 g/mol. The lowest BCUT2D eigenvalue weighted by atomic mass is 10.0. The summed E-state index contributed by atoms with van der Waals surface area (Å²) in [4.78, 5) is 26.6. The number of benzene rings is 1. The van der Waals surface area contributed by atoms with Gasteiger partial charge in [-0.25, -0.2) is 0 Å². The van der Waals surface area contributed by atoms with Crippen LogP contribution in [0.2, 0.25) is 0 Å². The maximum absolute atomic E-state index is 12.6. The molecule has 2 unspecified atom stereocenters. The van der Waals surface area contributed by atoms with E-state index < -0.39 is 0 Å². The van der Waals surface area contributed by atoms with Gasteiger partial charge in [-0.3, -0.25) is 9.59 Å². The number of amides is 2. The molecule has 1 fully saturated rings. The number of rotatable bonds is 3. The van der Waals surface area contributed by atoms with Gasteiger partial charge in [0.2, 0.25) is 11.8 Å². The first-order valence-electron chi connectivity index (χ1n) is 8.66. The first kappa shape index (κ1) is 15.8. The lowest BCUT2D eigenvalue weighted by Crippen LogP contribution is -2.44. The highest BCUT2D eigenvalue weighted by atomic mass is 16.2. The van der Waals surface area contributed by atoms with Crippen LogP contribution < -0.4 is 10.2 Å². The zero-order chi connectivity index (χ0) is 17.4. The predicted molar refractivity (Wildman–Crippen MR) is 91.9 cm³/mol. The standard InChI is InChI=1S/C18H21N5O2/c1-12-20-21-16-8-7-14(11-22(12)16)19-18(25)13-9-17(24)23(10-13)15-5-3-2-4-6-15/h2-6,13-14H,7-11H2,1H3,(H,19,25). The highest BCUT2D eigenvalue weighted by molar-refractivity contribution is 6.00. The number of hydrogen-bond acceptors (Lipinski definition) is 4. The van der Waals surface area contributed by atoms with E-state index in [-0.39, 0.29) is 30.2 Å². The minimum Gasteiger partial charge on any atom is -0.351 e. The zero-order valence-electron chi connectivity index (χ0n) is 14.2. The van der Waals surface area contributed by atoms with Gasteiger partial charge in [0.15, 0.2) is 0 Å². The van der Waals surface area contributed by atoms with Crippen LogP contribution in [0.25, 0.3) is 0 Å². The van der Waals surface area contributed by atoms with E-state index in [1.54, 1.807) is 4.90 Å². The van der Waals surface area contributed by atoms with Gasteiger partial charge < -0.3 is 14.8 Å². The molecule has 1 aromatic carbocycles. The average molecular weight is 339 g/mol. The molecule has 2 aliphatic heterocycles. The van der Waals surface area contributed by atoms with Gasteiger partial charge in [-0.2, -0.15) is 0 Å². The second kappa shape index (κ2) is 6.31. The fourth-order valence-electron chi connectivity index (χ4n) is 3.64. The van der Waals surface area contributed by atoms with Crippen LogP contribution in [-0.2, 0) is 22.6 Å². The Kier molecular flexibility index (Phi) is 3.99. The minimum absolute atomic E-state index is 0.00642.